The molecular formula is C5H15N2P. The Hall–Kier alpha value is 0.350. The molecule has 0 fully saturated rings. The number of nitrogens with zero attached hydrogens (tertiary/aromatic N) is 1. The van der Waals surface area contributed by atoms with Gasteiger partial charge >= 0.3 is 0 Å². The highest BCUT2D eigenvalue weighted by atomic mass is 31.0. The number of likely N-dealkylation sites (N-methyl/N-ethyl adjacent to an activating group) is 1. The Balaban J connectivity index is 3.29. The van der Waals surface area contributed by atoms with Gasteiger partial charge in [-0.2, -0.15) is 0 Å². The van der Waals surface area contributed by atoms with Crippen LogP contribution in [0.15, 0.2) is 0 Å². The van der Waals surface area contributed by atoms with E-state index >= 15 is 0 Å². The maximum Gasteiger partial charge on any atom is 0.0224 e. The van der Waals surface area contributed by atoms with E-state index in [1.807, 2.05) is 0 Å². The number of hydrogen-bond acceptors (Lipinski definition) is 2. The Labute approximate surface area is 53.7 Å². The summed E-state index contributed by atoms with van der Waals surface area (Å²) >= 11 is 0. The van der Waals surface area contributed by atoms with E-state index in [4.69, 9.17) is 5.73 Å². The molecule has 3 heteroatoms. The molecule has 0 saturated carbocycles. The summed E-state index contributed by atoms with van der Waals surface area (Å²) in [6, 6.07) is 0.491. The van der Waals surface area contributed by atoms with Crippen molar-refractivity contribution in [2.45, 2.75) is 19.9 Å². The van der Waals surface area contributed by atoms with Crippen molar-refractivity contribution in [3.8, 4) is 0 Å². The normalized spacial score (nSPS) is 14.6. The maximum absolute atomic E-state index is 5.39. The fraction of sp³-hybridized carbons (Fsp3) is 1.00. The van der Waals surface area contributed by atoms with Crippen LogP contribution in [0.5, 0.6) is 0 Å². The first kappa shape index (κ1) is 8.35. The number of hydrogen-bond donors (Lipinski definition) is 1. The molecular weight excluding hydrogens is 119 g/mol. The molecule has 0 aliphatic heterocycles. The SMILES string of the molecule is CCN(P)C(C)CN. The zero-order valence-electron chi connectivity index (χ0n) is 5.59. The van der Waals surface area contributed by atoms with E-state index in [-0.39, 0.29) is 0 Å². The summed E-state index contributed by atoms with van der Waals surface area (Å²) in [4.78, 5) is 0. The van der Waals surface area contributed by atoms with Crippen molar-refractivity contribution in [2.24, 2.45) is 5.73 Å². The lowest BCUT2D eigenvalue weighted by Crippen LogP contribution is -2.30. The predicted molar refractivity (Wildman–Crippen MR) is 40.6 cm³/mol. The minimum absolute atomic E-state index is 0.491. The maximum atomic E-state index is 5.39. The highest BCUT2D eigenvalue weighted by molar-refractivity contribution is 7.13. The van der Waals surface area contributed by atoms with E-state index in [0.717, 1.165) is 13.1 Å². The lowest BCUT2D eigenvalue weighted by atomic mass is 10.3. The average Bonchev–Trinajstić information content (AvgIpc) is 1.84. The van der Waals surface area contributed by atoms with Crippen LogP contribution in [0, 0.1) is 0 Å². The Morgan fingerprint density at radius 2 is 2.25 bits per heavy atom. The molecule has 0 aromatic carbocycles. The van der Waals surface area contributed by atoms with Crippen molar-refractivity contribution in [3.63, 3.8) is 0 Å². The van der Waals surface area contributed by atoms with Crippen molar-refractivity contribution < 1.29 is 0 Å². The topological polar surface area (TPSA) is 29.3 Å². The van der Waals surface area contributed by atoms with Gasteiger partial charge in [-0.15, -0.1) is 0 Å². The summed E-state index contributed by atoms with van der Waals surface area (Å²) in [6.45, 7) is 6.00. The number of nitrogens with two attached hydrogens (primary N) is 1. The highest BCUT2D eigenvalue weighted by Gasteiger charge is 2.01. The van der Waals surface area contributed by atoms with Crippen molar-refractivity contribution in [3.05, 3.63) is 0 Å². The molecule has 2 unspecified atom stereocenters. The van der Waals surface area contributed by atoms with Crippen LogP contribution in [-0.4, -0.2) is 23.8 Å². The molecule has 0 spiro atoms. The van der Waals surface area contributed by atoms with E-state index in [1.54, 1.807) is 0 Å². The van der Waals surface area contributed by atoms with Gasteiger partial charge < -0.3 is 5.73 Å². The third kappa shape index (κ3) is 2.61. The molecule has 0 saturated heterocycles. The van der Waals surface area contributed by atoms with Crippen LogP contribution in [-0.2, 0) is 0 Å². The summed E-state index contributed by atoms with van der Waals surface area (Å²) in [5, 5.41) is 0. The van der Waals surface area contributed by atoms with Gasteiger partial charge in [-0.05, 0) is 13.5 Å². The third-order valence-corrected chi connectivity index (χ3v) is 2.15. The summed E-state index contributed by atoms with van der Waals surface area (Å²) < 4.78 is 2.14. The minimum atomic E-state index is 0.491. The third-order valence-electron chi connectivity index (χ3n) is 1.27. The number of rotatable bonds is 3. The molecule has 50 valence electrons. The van der Waals surface area contributed by atoms with Gasteiger partial charge in [0.2, 0.25) is 0 Å². The second kappa shape index (κ2) is 4.25. The molecule has 0 radical (unpaired) electrons. The van der Waals surface area contributed by atoms with E-state index < -0.39 is 0 Å². The van der Waals surface area contributed by atoms with E-state index in [0.29, 0.717) is 6.04 Å². The Morgan fingerprint density at radius 3 is 2.38 bits per heavy atom. The summed E-state index contributed by atoms with van der Waals surface area (Å²) in [7, 11) is 2.65. The Bertz CT molecular complexity index is 50.4. The fourth-order valence-electron chi connectivity index (χ4n) is 0.447. The van der Waals surface area contributed by atoms with Gasteiger partial charge in [0.15, 0.2) is 0 Å². The average molecular weight is 134 g/mol. The lowest BCUT2D eigenvalue weighted by molar-refractivity contribution is 0.395. The zero-order chi connectivity index (χ0) is 6.57. The standard InChI is InChI=1S/C5H15N2P/c1-3-7(8)5(2)4-6/h5H,3-4,6,8H2,1-2H3. The van der Waals surface area contributed by atoms with Crippen LogP contribution in [0.3, 0.4) is 0 Å². The molecule has 2 atom stereocenters. The minimum Gasteiger partial charge on any atom is -0.329 e. The van der Waals surface area contributed by atoms with Gasteiger partial charge in [0, 0.05) is 12.6 Å². The van der Waals surface area contributed by atoms with Crippen LogP contribution >= 0.6 is 9.39 Å². The molecule has 8 heavy (non-hydrogen) atoms. The molecule has 0 heterocycles. The predicted octanol–water partition coefficient (Wildman–Crippen LogP) is 0.446. The summed E-state index contributed by atoms with van der Waals surface area (Å²) in [5.74, 6) is 0. The Morgan fingerprint density at radius 1 is 1.75 bits per heavy atom. The van der Waals surface area contributed by atoms with Crippen LogP contribution in [0.2, 0.25) is 0 Å². The van der Waals surface area contributed by atoms with E-state index in [1.165, 1.54) is 0 Å². The monoisotopic (exact) mass is 134 g/mol. The molecule has 0 aromatic heterocycles. The molecule has 0 aliphatic rings. The summed E-state index contributed by atoms with van der Waals surface area (Å²) in [5.41, 5.74) is 5.39. The van der Waals surface area contributed by atoms with Crippen LogP contribution < -0.4 is 5.73 Å². The molecule has 2 nitrogen and oxygen atoms in total. The molecule has 0 amide bonds. The van der Waals surface area contributed by atoms with E-state index in [9.17, 15) is 0 Å². The van der Waals surface area contributed by atoms with Crippen molar-refractivity contribution >= 4 is 9.39 Å². The molecule has 0 rings (SSSR count). The fourth-order valence-corrected chi connectivity index (χ4v) is 0.569. The lowest BCUT2D eigenvalue weighted by Gasteiger charge is -2.20. The van der Waals surface area contributed by atoms with Crippen molar-refractivity contribution in [1.29, 1.82) is 0 Å². The first-order valence-electron chi connectivity index (χ1n) is 2.93. The highest BCUT2D eigenvalue weighted by Crippen LogP contribution is 2.02. The first-order valence-corrected chi connectivity index (χ1v) is 3.45. The molecule has 2 N–H and O–H groups in total. The van der Waals surface area contributed by atoms with E-state index in [2.05, 4.69) is 27.9 Å². The summed E-state index contributed by atoms with van der Waals surface area (Å²) in [6.07, 6.45) is 0. The van der Waals surface area contributed by atoms with Crippen molar-refractivity contribution in [1.82, 2.24) is 4.67 Å². The molecule has 0 bridgehead atoms. The largest absolute Gasteiger partial charge is 0.329 e. The first-order chi connectivity index (χ1) is 3.72. The molecule has 0 aromatic rings. The second-order valence-corrected chi connectivity index (χ2v) is 2.58. The quantitative estimate of drug-likeness (QED) is 0.568. The van der Waals surface area contributed by atoms with Gasteiger partial charge in [0.1, 0.15) is 0 Å². The zero-order valence-corrected chi connectivity index (χ0v) is 6.75. The van der Waals surface area contributed by atoms with Crippen LogP contribution in [0.25, 0.3) is 0 Å². The van der Waals surface area contributed by atoms with Gasteiger partial charge in [-0.25, -0.2) is 0 Å². The van der Waals surface area contributed by atoms with Crippen LogP contribution in [0.4, 0.5) is 0 Å². The van der Waals surface area contributed by atoms with Crippen molar-refractivity contribution in [2.75, 3.05) is 13.1 Å². The molecule has 0 aliphatic carbocycles. The van der Waals surface area contributed by atoms with Gasteiger partial charge in [-0.1, -0.05) is 16.3 Å². The van der Waals surface area contributed by atoms with Gasteiger partial charge in [0.25, 0.3) is 0 Å². The van der Waals surface area contributed by atoms with Gasteiger partial charge in [-0.3, -0.25) is 4.67 Å². The Kier molecular flexibility index (Phi) is 4.44. The van der Waals surface area contributed by atoms with Gasteiger partial charge in [0.05, 0.1) is 0 Å². The smallest absolute Gasteiger partial charge is 0.0224 e. The van der Waals surface area contributed by atoms with Crippen LogP contribution in [0.1, 0.15) is 13.8 Å². The second-order valence-electron chi connectivity index (χ2n) is 1.92.